The maximum absolute atomic E-state index is 8.74. The number of likely N-dealkylation sites (tertiary alicyclic amines) is 1. The molecule has 0 radical (unpaired) electrons. The van der Waals surface area contributed by atoms with E-state index in [4.69, 9.17) is 5.11 Å². The average Bonchev–Trinajstić information content (AvgIpc) is 2.04. The van der Waals surface area contributed by atoms with Gasteiger partial charge < -0.3 is 5.11 Å². The van der Waals surface area contributed by atoms with Crippen molar-refractivity contribution in [3.8, 4) is 0 Å². The molecule has 1 N–H and O–H groups in total. The molecule has 2 atom stereocenters. The summed E-state index contributed by atoms with van der Waals surface area (Å²) in [6, 6.07) is 1.44. The number of piperidine rings is 1. The Bertz CT molecular complexity index is 117. The molecule has 2 nitrogen and oxygen atoms in total. The fourth-order valence-electron chi connectivity index (χ4n) is 2.17. The Morgan fingerprint density at radius 3 is 2.33 bits per heavy atom. The second kappa shape index (κ2) is 4.83. The van der Waals surface area contributed by atoms with E-state index in [9.17, 15) is 0 Å². The topological polar surface area (TPSA) is 23.5 Å². The van der Waals surface area contributed by atoms with Gasteiger partial charge >= 0.3 is 0 Å². The van der Waals surface area contributed by atoms with Crippen molar-refractivity contribution in [3.63, 3.8) is 0 Å². The van der Waals surface area contributed by atoms with Gasteiger partial charge in [-0.15, -0.1) is 0 Å². The number of nitrogens with zero attached hydrogens (tertiary/aromatic N) is 1. The molecular formula is C10H21NO. The molecule has 0 unspecified atom stereocenters. The van der Waals surface area contributed by atoms with Gasteiger partial charge in [-0.25, -0.2) is 0 Å². The molecule has 0 aliphatic carbocycles. The molecule has 1 aliphatic heterocycles. The third-order valence-electron chi connectivity index (χ3n) is 2.95. The average molecular weight is 171 g/mol. The van der Waals surface area contributed by atoms with Crippen LogP contribution in [-0.4, -0.2) is 35.2 Å². The van der Waals surface area contributed by atoms with Gasteiger partial charge in [0.2, 0.25) is 0 Å². The van der Waals surface area contributed by atoms with E-state index in [-0.39, 0.29) is 0 Å². The van der Waals surface area contributed by atoms with E-state index < -0.39 is 0 Å². The third-order valence-corrected chi connectivity index (χ3v) is 2.95. The normalized spacial score (nSPS) is 32.2. The van der Waals surface area contributed by atoms with Gasteiger partial charge in [0.25, 0.3) is 0 Å². The van der Waals surface area contributed by atoms with Gasteiger partial charge in [-0.2, -0.15) is 0 Å². The fraction of sp³-hybridized carbons (Fsp3) is 1.00. The van der Waals surface area contributed by atoms with E-state index >= 15 is 0 Å². The largest absolute Gasteiger partial charge is 0.396 e. The highest BCUT2D eigenvalue weighted by atomic mass is 16.3. The molecule has 0 bridgehead atoms. The minimum atomic E-state index is 0.329. The summed E-state index contributed by atoms with van der Waals surface area (Å²) in [6.45, 7) is 5.99. The zero-order valence-electron chi connectivity index (χ0n) is 8.29. The molecule has 1 rings (SSSR count). The first-order valence-corrected chi connectivity index (χ1v) is 5.12. The molecule has 1 aliphatic rings. The highest BCUT2D eigenvalue weighted by Gasteiger charge is 2.23. The number of hydrogen-bond acceptors (Lipinski definition) is 2. The lowest BCUT2D eigenvalue weighted by Gasteiger charge is -2.38. The smallest absolute Gasteiger partial charge is 0.0443 e. The third kappa shape index (κ3) is 2.46. The quantitative estimate of drug-likeness (QED) is 0.697. The van der Waals surface area contributed by atoms with Gasteiger partial charge in [-0.1, -0.05) is 6.42 Å². The van der Waals surface area contributed by atoms with Crippen molar-refractivity contribution < 1.29 is 5.11 Å². The van der Waals surface area contributed by atoms with Gasteiger partial charge in [0.1, 0.15) is 0 Å². The van der Waals surface area contributed by atoms with Crippen molar-refractivity contribution in [2.24, 2.45) is 0 Å². The molecule has 0 aromatic carbocycles. The SMILES string of the molecule is C[C@H]1CCC[C@H](C)N1CCCO. The first-order chi connectivity index (χ1) is 5.75. The van der Waals surface area contributed by atoms with Gasteiger partial charge in [0.05, 0.1) is 0 Å². The van der Waals surface area contributed by atoms with Crippen LogP contribution in [0.15, 0.2) is 0 Å². The predicted molar refractivity (Wildman–Crippen MR) is 51.2 cm³/mol. The van der Waals surface area contributed by atoms with Gasteiger partial charge in [0.15, 0.2) is 0 Å². The summed E-state index contributed by atoms with van der Waals surface area (Å²) in [5.41, 5.74) is 0. The Balaban J connectivity index is 2.34. The lowest BCUT2D eigenvalue weighted by molar-refractivity contribution is 0.0944. The van der Waals surface area contributed by atoms with Crippen molar-refractivity contribution in [1.82, 2.24) is 4.90 Å². The van der Waals surface area contributed by atoms with Crippen LogP contribution in [0.3, 0.4) is 0 Å². The lowest BCUT2D eigenvalue weighted by Crippen LogP contribution is -2.44. The fourth-order valence-corrected chi connectivity index (χ4v) is 2.17. The second-order valence-corrected chi connectivity index (χ2v) is 3.94. The summed E-state index contributed by atoms with van der Waals surface area (Å²) in [5, 5.41) is 8.74. The predicted octanol–water partition coefficient (Wildman–Crippen LogP) is 1.63. The molecule has 1 fully saturated rings. The van der Waals surface area contributed by atoms with Crippen LogP contribution in [0.1, 0.15) is 39.5 Å². The monoisotopic (exact) mass is 171 g/mol. The van der Waals surface area contributed by atoms with Crippen LogP contribution >= 0.6 is 0 Å². The zero-order chi connectivity index (χ0) is 8.97. The van der Waals surface area contributed by atoms with E-state index in [2.05, 4.69) is 18.7 Å². The molecule has 72 valence electrons. The summed E-state index contributed by atoms with van der Waals surface area (Å²) in [7, 11) is 0. The standard InChI is InChI=1S/C10H21NO/c1-9-5-3-6-10(2)11(9)7-4-8-12/h9-10,12H,3-8H2,1-2H3/t9-,10-/m0/s1. The Hall–Kier alpha value is -0.0800. The Kier molecular flexibility index (Phi) is 4.02. The number of hydrogen-bond donors (Lipinski definition) is 1. The van der Waals surface area contributed by atoms with E-state index in [1.807, 2.05) is 0 Å². The van der Waals surface area contributed by atoms with Crippen LogP contribution in [0.25, 0.3) is 0 Å². The molecule has 0 amide bonds. The van der Waals surface area contributed by atoms with Crippen molar-refractivity contribution in [2.75, 3.05) is 13.2 Å². The van der Waals surface area contributed by atoms with Gasteiger partial charge in [-0.3, -0.25) is 4.90 Å². The number of aliphatic hydroxyl groups is 1. The van der Waals surface area contributed by atoms with Crippen molar-refractivity contribution in [2.45, 2.75) is 51.6 Å². The van der Waals surface area contributed by atoms with Crippen LogP contribution in [0, 0.1) is 0 Å². The maximum atomic E-state index is 8.74. The Labute approximate surface area is 75.6 Å². The lowest BCUT2D eigenvalue weighted by atomic mass is 9.97. The first kappa shape index (κ1) is 10.0. The first-order valence-electron chi connectivity index (χ1n) is 5.12. The summed E-state index contributed by atoms with van der Waals surface area (Å²) >= 11 is 0. The number of aliphatic hydroxyl groups excluding tert-OH is 1. The Morgan fingerprint density at radius 2 is 1.83 bits per heavy atom. The molecule has 2 heteroatoms. The van der Waals surface area contributed by atoms with E-state index in [1.165, 1.54) is 19.3 Å². The van der Waals surface area contributed by atoms with E-state index in [1.54, 1.807) is 0 Å². The zero-order valence-corrected chi connectivity index (χ0v) is 8.29. The highest BCUT2D eigenvalue weighted by molar-refractivity contribution is 4.78. The second-order valence-electron chi connectivity index (χ2n) is 3.94. The molecule has 0 aromatic heterocycles. The Morgan fingerprint density at radius 1 is 1.25 bits per heavy atom. The van der Waals surface area contributed by atoms with Gasteiger partial charge in [-0.05, 0) is 33.1 Å². The van der Waals surface area contributed by atoms with Crippen LogP contribution in [0.4, 0.5) is 0 Å². The van der Waals surface area contributed by atoms with E-state index in [0.717, 1.165) is 25.0 Å². The van der Waals surface area contributed by atoms with Crippen LogP contribution in [-0.2, 0) is 0 Å². The van der Waals surface area contributed by atoms with Crippen molar-refractivity contribution >= 4 is 0 Å². The summed E-state index contributed by atoms with van der Waals surface area (Å²) in [4.78, 5) is 2.53. The molecule has 0 spiro atoms. The van der Waals surface area contributed by atoms with Crippen LogP contribution < -0.4 is 0 Å². The summed E-state index contributed by atoms with van der Waals surface area (Å²) < 4.78 is 0. The van der Waals surface area contributed by atoms with Crippen molar-refractivity contribution in [3.05, 3.63) is 0 Å². The summed E-state index contributed by atoms with van der Waals surface area (Å²) in [5.74, 6) is 0. The molecule has 0 aromatic rings. The van der Waals surface area contributed by atoms with Crippen LogP contribution in [0.2, 0.25) is 0 Å². The minimum Gasteiger partial charge on any atom is -0.396 e. The van der Waals surface area contributed by atoms with Gasteiger partial charge in [0, 0.05) is 25.2 Å². The molecular weight excluding hydrogens is 150 g/mol. The highest BCUT2D eigenvalue weighted by Crippen LogP contribution is 2.22. The minimum absolute atomic E-state index is 0.329. The van der Waals surface area contributed by atoms with Crippen molar-refractivity contribution in [1.29, 1.82) is 0 Å². The van der Waals surface area contributed by atoms with E-state index in [0.29, 0.717) is 6.61 Å². The molecule has 12 heavy (non-hydrogen) atoms. The molecule has 0 saturated carbocycles. The molecule has 1 saturated heterocycles. The maximum Gasteiger partial charge on any atom is 0.0443 e. The van der Waals surface area contributed by atoms with Crippen LogP contribution in [0.5, 0.6) is 0 Å². The summed E-state index contributed by atoms with van der Waals surface area (Å²) in [6.07, 6.45) is 4.96. The number of rotatable bonds is 3. The molecule has 1 heterocycles.